The van der Waals surface area contributed by atoms with Crippen LogP contribution in [0.3, 0.4) is 0 Å². The first-order chi connectivity index (χ1) is 10.1. The molecule has 3 N–H and O–H groups in total. The fourth-order valence-corrected chi connectivity index (χ4v) is 3.35. The SMILES string of the molecule is CCc1cn[nH]c1C1CCCN(C(=O)C2(C(N)=O)CC2)C1. The maximum atomic E-state index is 12.6. The number of rotatable bonds is 4. The first kappa shape index (κ1) is 14.1. The molecule has 0 bridgehead atoms. The van der Waals surface area contributed by atoms with Crippen LogP contribution in [0.1, 0.15) is 49.8 Å². The van der Waals surface area contributed by atoms with Crippen LogP contribution in [0.4, 0.5) is 0 Å². The molecule has 1 saturated carbocycles. The van der Waals surface area contributed by atoms with E-state index in [9.17, 15) is 9.59 Å². The molecule has 114 valence electrons. The molecule has 6 heteroatoms. The highest BCUT2D eigenvalue weighted by atomic mass is 16.2. The third-order valence-corrected chi connectivity index (χ3v) is 4.88. The van der Waals surface area contributed by atoms with Crippen LogP contribution in [0.2, 0.25) is 0 Å². The van der Waals surface area contributed by atoms with Crippen LogP contribution >= 0.6 is 0 Å². The first-order valence-corrected chi connectivity index (χ1v) is 7.70. The highest BCUT2D eigenvalue weighted by Crippen LogP contribution is 2.47. The van der Waals surface area contributed by atoms with Gasteiger partial charge in [-0.15, -0.1) is 0 Å². The van der Waals surface area contributed by atoms with E-state index >= 15 is 0 Å². The third-order valence-electron chi connectivity index (χ3n) is 4.88. The van der Waals surface area contributed by atoms with Crippen molar-refractivity contribution < 1.29 is 9.59 Å². The normalized spacial score (nSPS) is 23.9. The number of H-pyrrole nitrogens is 1. The van der Waals surface area contributed by atoms with Gasteiger partial charge in [-0.2, -0.15) is 5.10 Å². The molecule has 1 saturated heterocycles. The van der Waals surface area contributed by atoms with Gasteiger partial charge in [0.15, 0.2) is 0 Å². The number of hydrogen-bond donors (Lipinski definition) is 2. The van der Waals surface area contributed by atoms with E-state index in [1.165, 1.54) is 5.56 Å². The molecule has 1 unspecified atom stereocenters. The van der Waals surface area contributed by atoms with E-state index in [1.54, 1.807) is 0 Å². The van der Waals surface area contributed by atoms with Crippen LogP contribution in [0.25, 0.3) is 0 Å². The van der Waals surface area contributed by atoms with E-state index in [1.807, 2.05) is 11.1 Å². The number of likely N-dealkylation sites (tertiary alicyclic amines) is 1. The quantitative estimate of drug-likeness (QED) is 0.808. The van der Waals surface area contributed by atoms with Crippen molar-refractivity contribution in [3.63, 3.8) is 0 Å². The lowest BCUT2D eigenvalue weighted by atomic mass is 9.90. The number of piperidine rings is 1. The molecule has 2 heterocycles. The monoisotopic (exact) mass is 290 g/mol. The number of hydrogen-bond acceptors (Lipinski definition) is 3. The van der Waals surface area contributed by atoms with Gasteiger partial charge in [-0.1, -0.05) is 6.92 Å². The molecular weight excluding hydrogens is 268 g/mol. The Bertz CT molecular complexity index is 562. The predicted molar refractivity (Wildman–Crippen MR) is 77.4 cm³/mol. The smallest absolute Gasteiger partial charge is 0.238 e. The molecule has 2 amide bonds. The summed E-state index contributed by atoms with van der Waals surface area (Å²) in [5.41, 5.74) is 6.86. The topological polar surface area (TPSA) is 92.1 Å². The summed E-state index contributed by atoms with van der Waals surface area (Å²) in [5, 5.41) is 7.21. The van der Waals surface area contributed by atoms with Gasteiger partial charge in [0.05, 0.1) is 6.20 Å². The van der Waals surface area contributed by atoms with E-state index < -0.39 is 11.3 Å². The van der Waals surface area contributed by atoms with Crippen LogP contribution in [0, 0.1) is 5.41 Å². The van der Waals surface area contributed by atoms with E-state index in [0.29, 0.717) is 19.4 Å². The summed E-state index contributed by atoms with van der Waals surface area (Å²) in [6, 6.07) is 0. The predicted octanol–water partition coefficient (Wildman–Crippen LogP) is 0.944. The molecule has 0 aromatic carbocycles. The lowest BCUT2D eigenvalue weighted by molar-refractivity contribution is -0.143. The number of nitrogens with zero attached hydrogens (tertiary/aromatic N) is 2. The number of nitrogens with two attached hydrogens (primary N) is 1. The van der Waals surface area contributed by atoms with Gasteiger partial charge in [-0.25, -0.2) is 0 Å². The lowest BCUT2D eigenvalue weighted by Crippen LogP contribution is -2.47. The number of carbonyl (C=O) groups excluding carboxylic acids is 2. The fourth-order valence-electron chi connectivity index (χ4n) is 3.35. The Hall–Kier alpha value is -1.85. The maximum Gasteiger partial charge on any atom is 0.238 e. The van der Waals surface area contributed by atoms with Crippen molar-refractivity contribution in [1.29, 1.82) is 0 Å². The Balaban J connectivity index is 1.75. The molecule has 2 aliphatic rings. The number of primary amides is 1. The summed E-state index contributed by atoms with van der Waals surface area (Å²) in [4.78, 5) is 26.0. The minimum Gasteiger partial charge on any atom is -0.369 e. The van der Waals surface area contributed by atoms with Gasteiger partial charge < -0.3 is 10.6 Å². The van der Waals surface area contributed by atoms with Crippen LogP contribution < -0.4 is 5.73 Å². The van der Waals surface area contributed by atoms with E-state index in [2.05, 4.69) is 17.1 Å². The molecule has 21 heavy (non-hydrogen) atoms. The summed E-state index contributed by atoms with van der Waals surface area (Å²) in [6.07, 6.45) is 6.00. The molecule has 1 aromatic rings. The van der Waals surface area contributed by atoms with Crippen LogP contribution in [0.15, 0.2) is 6.20 Å². The van der Waals surface area contributed by atoms with Gasteiger partial charge in [0, 0.05) is 24.7 Å². The fraction of sp³-hybridized carbons (Fsp3) is 0.667. The average molecular weight is 290 g/mol. The molecule has 0 spiro atoms. The van der Waals surface area contributed by atoms with E-state index in [4.69, 9.17) is 5.73 Å². The molecule has 1 atom stereocenters. The lowest BCUT2D eigenvalue weighted by Gasteiger charge is -2.34. The van der Waals surface area contributed by atoms with Crippen LogP contribution in [-0.4, -0.2) is 40.0 Å². The number of aromatic amines is 1. The van der Waals surface area contributed by atoms with E-state index in [-0.39, 0.29) is 11.8 Å². The van der Waals surface area contributed by atoms with E-state index in [0.717, 1.165) is 31.5 Å². The van der Waals surface area contributed by atoms with Crippen LogP contribution in [-0.2, 0) is 16.0 Å². The van der Waals surface area contributed by atoms with Gasteiger partial charge >= 0.3 is 0 Å². The number of nitrogens with one attached hydrogen (secondary N) is 1. The Morgan fingerprint density at radius 2 is 2.29 bits per heavy atom. The van der Waals surface area contributed by atoms with Crippen molar-refractivity contribution in [3.05, 3.63) is 17.5 Å². The Labute approximate surface area is 124 Å². The summed E-state index contributed by atoms with van der Waals surface area (Å²) < 4.78 is 0. The molecule has 1 aliphatic carbocycles. The van der Waals surface area contributed by atoms with Gasteiger partial charge in [0.2, 0.25) is 11.8 Å². The minimum atomic E-state index is -0.899. The standard InChI is InChI=1S/C15H22N4O2/c1-2-10-8-17-18-12(10)11-4-3-7-19(9-11)14(21)15(5-6-15)13(16)20/h8,11H,2-7,9H2,1H3,(H2,16,20)(H,17,18). The zero-order valence-electron chi connectivity index (χ0n) is 12.4. The summed E-state index contributed by atoms with van der Waals surface area (Å²) in [6.45, 7) is 3.48. The maximum absolute atomic E-state index is 12.6. The van der Waals surface area contributed by atoms with Crippen molar-refractivity contribution in [3.8, 4) is 0 Å². The molecule has 1 aromatic heterocycles. The number of aromatic nitrogens is 2. The second kappa shape index (κ2) is 5.16. The third kappa shape index (κ3) is 2.32. The number of amides is 2. The second-order valence-corrected chi connectivity index (χ2v) is 6.20. The minimum absolute atomic E-state index is 0.0720. The molecule has 3 rings (SSSR count). The Morgan fingerprint density at radius 1 is 1.52 bits per heavy atom. The second-order valence-electron chi connectivity index (χ2n) is 6.20. The largest absolute Gasteiger partial charge is 0.369 e. The zero-order valence-corrected chi connectivity index (χ0v) is 12.4. The highest BCUT2D eigenvalue weighted by Gasteiger charge is 2.57. The molecule has 6 nitrogen and oxygen atoms in total. The molecule has 1 aliphatic heterocycles. The summed E-state index contributed by atoms with van der Waals surface area (Å²) >= 11 is 0. The van der Waals surface area contributed by atoms with Crippen molar-refractivity contribution >= 4 is 11.8 Å². The summed E-state index contributed by atoms with van der Waals surface area (Å²) in [5.74, 6) is -0.258. The summed E-state index contributed by atoms with van der Waals surface area (Å²) in [7, 11) is 0. The van der Waals surface area contributed by atoms with Gasteiger partial charge in [0.25, 0.3) is 0 Å². The first-order valence-electron chi connectivity index (χ1n) is 7.70. The van der Waals surface area contributed by atoms with Gasteiger partial charge in [-0.05, 0) is 37.7 Å². The van der Waals surface area contributed by atoms with Crippen molar-refractivity contribution in [2.24, 2.45) is 11.1 Å². The molecule has 0 radical (unpaired) electrons. The average Bonchev–Trinajstić information content (AvgIpc) is 3.18. The number of carbonyl (C=O) groups is 2. The molecule has 2 fully saturated rings. The van der Waals surface area contributed by atoms with Gasteiger partial charge in [0.1, 0.15) is 5.41 Å². The molecular formula is C15H22N4O2. The number of aryl methyl sites for hydroxylation is 1. The van der Waals surface area contributed by atoms with Gasteiger partial charge in [-0.3, -0.25) is 14.7 Å². The zero-order chi connectivity index (χ0) is 15.0. The van der Waals surface area contributed by atoms with Crippen molar-refractivity contribution in [2.75, 3.05) is 13.1 Å². The van der Waals surface area contributed by atoms with Crippen molar-refractivity contribution in [2.45, 2.75) is 44.9 Å². The van der Waals surface area contributed by atoms with Crippen LogP contribution in [0.5, 0.6) is 0 Å². The highest BCUT2D eigenvalue weighted by molar-refractivity contribution is 6.07. The Morgan fingerprint density at radius 3 is 2.90 bits per heavy atom. The Kier molecular flexibility index (Phi) is 3.47. The van der Waals surface area contributed by atoms with Crippen molar-refractivity contribution in [1.82, 2.24) is 15.1 Å².